The molecule has 0 spiro atoms. The molecule has 0 saturated carbocycles. The molecule has 38 heavy (non-hydrogen) atoms. The molecule has 6 nitrogen and oxygen atoms in total. The summed E-state index contributed by atoms with van der Waals surface area (Å²) >= 11 is 12.5. The van der Waals surface area contributed by atoms with E-state index in [1.165, 1.54) is 32.0 Å². The lowest BCUT2D eigenvalue weighted by Gasteiger charge is -2.29. The molecule has 2 N–H and O–H groups in total. The summed E-state index contributed by atoms with van der Waals surface area (Å²) in [5, 5.41) is 11.9. The van der Waals surface area contributed by atoms with Crippen LogP contribution in [-0.2, 0) is 0 Å². The lowest BCUT2D eigenvalue weighted by molar-refractivity contribution is 0.0694. The van der Waals surface area contributed by atoms with Crippen LogP contribution in [0.4, 0.5) is 15.8 Å². The first-order valence-corrected chi connectivity index (χ1v) is 11.7. The van der Waals surface area contributed by atoms with Crippen molar-refractivity contribution >= 4 is 46.4 Å². The van der Waals surface area contributed by atoms with Crippen LogP contribution in [0.3, 0.4) is 0 Å². The zero-order valence-corrected chi connectivity index (χ0v) is 21.7. The first kappa shape index (κ1) is 16.1. The molecule has 3 aromatic carbocycles. The second-order valence-corrected chi connectivity index (χ2v) is 9.50. The number of carbonyl (C=O) groups excluding carboxylic acids is 2. The standard InChI is InChI=1S/C29H32Cl2FN3O3/c1-6-35(7-2)25-16-18(20-15-19(11-13-21(20)30)27(36)33-17-29(3,4)38)12-14-24(25)34(5)28(37)26-22(31)9-8-10-23(26)32/h8-16,38H,6-7,17H2,1-5H3,(H,33,36)/i1D3,2D3,5D3,6D2,7D2. The highest BCUT2D eigenvalue weighted by Gasteiger charge is 2.24. The molecule has 0 aromatic heterocycles. The highest BCUT2D eigenvalue weighted by atomic mass is 35.5. The Kier molecular flexibility index (Phi) is 5.14. The Balaban J connectivity index is 2.52. The van der Waals surface area contributed by atoms with E-state index in [0.717, 1.165) is 36.4 Å². The molecule has 0 aliphatic heterocycles. The summed E-state index contributed by atoms with van der Waals surface area (Å²) in [6, 6.07) is 9.48. The molecule has 0 saturated heterocycles. The van der Waals surface area contributed by atoms with Crippen molar-refractivity contribution in [1.29, 1.82) is 0 Å². The van der Waals surface area contributed by atoms with Gasteiger partial charge in [0.1, 0.15) is 5.82 Å². The highest BCUT2D eigenvalue weighted by Crippen LogP contribution is 2.37. The molecule has 3 aromatic rings. The summed E-state index contributed by atoms with van der Waals surface area (Å²) in [5.41, 5.74) is -4.58. The molecule has 0 aliphatic carbocycles. The summed E-state index contributed by atoms with van der Waals surface area (Å²) in [5.74, 6) is -3.62. The number of nitrogens with zero attached hydrogens (tertiary/aromatic N) is 2. The van der Waals surface area contributed by atoms with Gasteiger partial charge < -0.3 is 20.2 Å². The average molecular weight is 574 g/mol. The van der Waals surface area contributed by atoms with E-state index < -0.39 is 78.9 Å². The van der Waals surface area contributed by atoms with Gasteiger partial charge in [-0.1, -0.05) is 35.3 Å². The Morgan fingerprint density at radius 2 is 1.79 bits per heavy atom. The van der Waals surface area contributed by atoms with Crippen molar-refractivity contribution in [2.75, 3.05) is 36.3 Å². The normalized spacial score (nSPS) is 18.1. The molecular weight excluding hydrogens is 528 g/mol. The van der Waals surface area contributed by atoms with Gasteiger partial charge in [0.25, 0.3) is 11.8 Å². The topological polar surface area (TPSA) is 72.9 Å². The van der Waals surface area contributed by atoms with Gasteiger partial charge in [0.05, 0.1) is 27.6 Å². The van der Waals surface area contributed by atoms with E-state index >= 15 is 4.39 Å². The molecule has 0 heterocycles. The van der Waals surface area contributed by atoms with Crippen LogP contribution in [0.1, 0.15) is 66.1 Å². The predicted octanol–water partition coefficient (Wildman–Crippen LogP) is 6.42. The van der Waals surface area contributed by atoms with Crippen LogP contribution in [0.25, 0.3) is 11.1 Å². The fraction of sp³-hybridized carbons (Fsp3) is 0.310. The number of benzene rings is 3. The predicted molar refractivity (Wildman–Crippen MR) is 153 cm³/mol. The van der Waals surface area contributed by atoms with Crippen molar-refractivity contribution in [2.24, 2.45) is 0 Å². The maximum atomic E-state index is 15.0. The second kappa shape index (κ2) is 12.2. The minimum absolute atomic E-state index is 0.0368. The van der Waals surface area contributed by atoms with Crippen LogP contribution in [0.15, 0.2) is 54.6 Å². The van der Waals surface area contributed by atoms with Gasteiger partial charge in [-0.3, -0.25) is 9.59 Å². The van der Waals surface area contributed by atoms with Crippen molar-refractivity contribution < 1.29 is 36.9 Å². The maximum Gasteiger partial charge on any atom is 0.262 e. The fourth-order valence-electron chi connectivity index (χ4n) is 3.42. The van der Waals surface area contributed by atoms with E-state index in [2.05, 4.69) is 5.32 Å². The van der Waals surface area contributed by atoms with Gasteiger partial charge in [0.15, 0.2) is 0 Å². The van der Waals surface area contributed by atoms with E-state index in [4.69, 9.17) is 41.0 Å². The molecule has 9 heteroatoms. The van der Waals surface area contributed by atoms with E-state index in [1.54, 1.807) is 0 Å². The first-order valence-electron chi connectivity index (χ1n) is 17.5. The Morgan fingerprint density at radius 1 is 1.05 bits per heavy atom. The van der Waals surface area contributed by atoms with Crippen molar-refractivity contribution in [3.8, 4) is 11.1 Å². The highest BCUT2D eigenvalue weighted by molar-refractivity contribution is 6.35. The number of carbonyl (C=O) groups is 2. The van der Waals surface area contributed by atoms with Gasteiger partial charge in [0.2, 0.25) is 0 Å². The minimum atomic E-state index is -3.94. The van der Waals surface area contributed by atoms with Gasteiger partial charge in [-0.15, -0.1) is 0 Å². The third kappa shape index (κ3) is 6.65. The Labute approximate surface area is 251 Å². The monoisotopic (exact) mass is 572 g/mol. The number of anilines is 2. The summed E-state index contributed by atoms with van der Waals surface area (Å²) < 4.78 is 121. The molecule has 0 bridgehead atoms. The van der Waals surface area contributed by atoms with E-state index in [1.807, 2.05) is 0 Å². The molecule has 0 atom stereocenters. The SMILES string of the molecule is [2H]C([2H])([2H])N(C(=O)c1c(F)cccc1Cl)c1ccc(-c2cc(C(=O)NCC(C)(C)O)ccc2Cl)cc1N(C([2H])([2H])C([2H])([2H])[2H])C([2H])([2H])C([2H])([2H])[2H]. The van der Waals surface area contributed by atoms with Gasteiger partial charge in [-0.2, -0.15) is 0 Å². The van der Waals surface area contributed by atoms with Gasteiger partial charge in [-0.25, -0.2) is 4.39 Å². The lowest BCUT2D eigenvalue weighted by Crippen LogP contribution is -2.38. The molecular formula is C29H32Cl2FN3O3. The van der Waals surface area contributed by atoms with Gasteiger partial charge >= 0.3 is 0 Å². The van der Waals surface area contributed by atoms with Crippen LogP contribution in [0.2, 0.25) is 10.0 Å². The van der Waals surface area contributed by atoms with Crippen molar-refractivity contribution in [1.82, 2.24) is 5.32 Å². The molecule has 0 radical (unpaired) electrons. The molecule has 0 aliphatic rings. The number of rotatable bonds is 9. The third-order valence-corrected chi connectivity index (χ3v) is 5.93. The largest absolute Gasteiger partial charge is 0.389 e. The van der Waals surface area contributed by atoms with E-state index in [-0.39, 0.29) is 38.1 Å². The fourth-order valence-corrected chi connectivity index (χ4v) is 3.89. The molecule has 3 rings (SSSR count). The Hall–Kier alpha value is -3.13. The van der Waals surface area contributed by atoms with E-state index in [9.17, 15) is 14.7 Å². The van der Waals surface area contributed by atoms with Gasteiger partial charge in [-0.05, 0) is 75.6 Å². The number of halogens is 3. The zero-order chi connectivity index (χ0) is 39.3. The van der Waals surface area contributed by atoms with Crippen molar-refractivity contribution in [2.45, 2.75) is 33.2 Å². The van der Waals surface area contributed by atoms with Crippen LogP contribution in [0.5, 0.6) is 0 Å². The molecule has 202 valence electrons. The van der Waals surface area contributed by atoms with Crippen LogP contribution in [-0.4, -0.2) is 49.0 Å². The van der Waals surface area contributed by atoms with Crippen molar-refractivity contribution in [3.63, 3.8) is 0 Å². The first-order chi connectivity index (χ1) is 22.9. The number of hydrogen-bond acceptors (Lipinski definition) is 4. The number of nitrogens with one attached hydrogen (secondary N) is 1. The summed E-state index contributed by atoms with van der Waals surface area (Å²) in [4.78, 5) is 26.4. The minimum Gasteiger partial charge on any atom is -0.389 e. The quantitative estimate of drug-likeness (QED) is 0.310. The number of amides is 2. The Morgan fingerprint density at radius 3 is 2.42 bits per heavy atom. The maximum absolute atomic E-state index is 15.0. The summed E-state index contributed by atoms with van der Waals surface area (Å²) in [6.45, 7) is -16.4. The smallest absolute Gasteiger partial charge is 0.262 e. The van der Waals surface area contributed by atoms with Crippen LogP contribution >= 0.6 is 23.2 Å². The number of aliphatic hydroxyl groups is 1. The summed E-state index contributed by atoms with van der Waals surface area (Å²) in [7, 11) is 0. The van der Waals surface area contributed by atoms with Gasteiger partial charge in [0, 0.05) is 60.5 Å². The summed E-state index contributed by atoms with van der Waals surface area (Å²) in [6.07, 6.45) is 0. The molecule has 0 unspecified atom stereocenters. The van der Waals surface area contributed by atoms with E-state index in [0.29, 0.717) is 0 Å². The molecule has 2 amide bonds. The molecule has 0 fully saturated rings. The zero-order valence-electron chi connectivity index (χ0n) is 33.2. The average Bonchev–Trinajstić information content (AvgIpc) is 2.94. The third-order valence-electron chi connectivity index (χ3n) is 5.28. The lowest BCUT2D eigenvalue weighted by atomic mass is 10.00. The van der Waals surface area contributed by atoms with Crippen LogP contribution in [0, 0.1) is 5.82 Å². The van der Waals surface area contributed by atoms with Crippen molar-refractivity contribution in [3.05, 3.63) is 81.6 Å². The second-order valence-electron chi connectivity index (χ2n) is 8.69. The Bertz CT molecular complexity index is 1760. The number of hydrogen-bond donors (Lipinski definition) is 2. The van der Waals surface area contributed by atoms with Crippen LogP contribution < -0.4 is 15.1 Å².